The molecular weight excluding hydrogens is 449 g/mol. The Kier molecular flexibility index (Phi) is 6.71. The second kappa shape index (κ2) is 9.86. The minimum atomic E-state index is -4.51. The lowest BCUT2D eigenvalue weighted by molar-refractivity contribution is -0.138. The van der Waals surface area contributed by atoms with Crippen molar-refractivity contribution in [2.75, 3.05) is 18.4 Å². The molecule has 0 bridgehead atoms. The molecular formula is C23H21F3N6O2. The van der Waals surface area contributed by atoms with Gasteiger partial charge in [0.05, 0.1) is 5.56 Å². The predicted octanol–water partition coefficient (Wildman–Crippen LogP) is 5.04. The van der Waals surface area contributed by atoms with Crippen LogP contribution in [0, 0.1) is 5.92 Å². The number of ether oxygens (including phenoxy) is 1. The fourth-order valence-electron chi connectivity index (χ4n) is 3.51. The highest BCUT2D eigenvalue weighted by atomic mass is 19.4. The maximum atomic E-state index is 12.7. The quantitative estimate of drug-likeness (QED) is 0.575. The molecule has 1 atom stereocenters. The van der Waals surface area contributed by atoms with Gasteiger partial charge in [-0.2, -0.15) is 18.3 Å². The molecule has 11 heteroatoms. The van der Waals surface area contributed by atoms with Gasteiger partial charge in [-0.1, -0.05) is 30.7 Å². The summed E-state index contributed by atoms with van der Waals surface area (Å²) < 4.78 is 43.5. The molecule has 1 saturated heterocycles. The molecule has 34 heavy (non-hydrogen) atoms. The number of nitrogens with one attached hydrogen (secondary N) is 1. The minimum absolute atomic E-state index is 0.129. The van der Waals surface area contributed by atoms with Crippen molar-refractivity contribution in [1.82, 2.24) is 25.1 Å². The molecule has 1 aromatic carbocycles. The highest BCUT2D eigenvalue weighted by Gasteiger charge is 2.31. The van der Waals surface area contributed by atoms with Crippen molar-refractivity contribution in [1.29, 1.82) is 0 Å². The Hall–Kier alpha value is -4.02. The van der Waals surface area contributed by atoms with Crippen molar-refractivity contribution in [2.24, 2.45) is 5.92 Å². The summed E-state index contributed by atoms with van der Waals surface area (Å²) in [5.41, 5.74) is 1.10. The van der Waals surface area contributed by atoms with Crippen LogP contribution < -0.4 is 10.1 Å². The predicted molar refractivity (Wildman–Crippen MR) is 118 cm³/mol. The summed E-state index contributed by atoms with van der Waals surface area (Å²) in [6.07, 6.45) is 1.12. The van der Waals surface area contributed by atoms with Gasteiger partial charge in [0.1, 0.15) is 5.75 Å². The van der Waals surface area contributed by atoms with Crippen LogP contribution in [0.2, 0.25) is 0 Å². The van der Waals surface area contributed by atoms with Crippen molar-refractivity contribution < 1.29 is 22.7 Å². The number of alkyl halides is 3. The van der Waals surface area contributed by atoms with E-state index in [9.17, 15) is 18.0 Å². The average molecular weight is 470 g/mol. The van der Waals surface area contributed by atoms with Gasteiger partial charge >= 0.3 is 18.2 Å². The van der Waals surface area contributed by atoms with Gasteiger partial charge in [0, 0.05) is 31.7 Å². The van der Waals surface area contributed by atoms with Crippen molar-refractivity contribution >= 4 is 17.9 Å². The summed E-state index contributed by atoms with van der Waals surface area (Å²) in [5.74, 6) is 0.932. The van der Waals surface area contributed by atoms with Crippen molar-refractivity contribution in [2.45, 2.75) is 19.5 Å². The van der Waals surface area contributed by atoms with E-state index < -0.39 is 11.7 Å². The molecule has 2 aromatic heterocycles. The number of likely N-dealkylation sites (tertiary alicyclic amines) is 1. The van der Waals surface area contributed by atoms with Gasteiger partial charge in [0.15, 0.2) is 5.82 Å². The number of hydrogen-bond acceptors (Lipinski definition) is 6. The lowest BCUT2D eigenvalue weighted by Gasteiger charge is -2.33. The number of piperidine rings is 1. The first kappa shape index (κ1) is 23.1. The van der Waals surface area contributed by atoms with E-state index in [-0.39, 0.29) is 18.0 Å². The largest absolute Gasteiger partial charge is 0.424 e. The summed E-state index contributed by atoms with van der Waals surface area (Å²) in [6, 6.07) is 10.1. The number of nitrogens with zero attached hydrogens (tertiary/aromatic N) is 5. The number of anilines is 1. The second-order valence-corrected chi connectivity index (χ2v) is 7.78. The van der Waals surface area contributed by atoms with Crippen LogP contribution in [0.5, 0.6) is 11.8 Å². The van der Waals surface area contributed by atoms with Gasteiger partial charge in [-0.3, -0.25) is 5.32 Å². The molecule has 1 aliphatic rings. The van der Waals surface area contributed by atoms with Gasteiger partial charge < -0.3 is 9.64 Å². The highest BCUT2D eigenvalue weighted by Crippen LogP contribution is 2.30. The van der Waals surface area contributed by atoms with Crippen LogP contribution in [0.1, 0.15) is 24.5 Å². The first-order valence-corrected chi connectivity index (χ1v) is 10.5. The highest BCUT2D eigenvalue weighted by molar-refractivity contribution is 5.88. The molecule has 176 valence electrons. The first-order valence-electron chi connectivity index (χ1n) is 10.5. The van der Waals surface area contributed by atoms with Crippen LogP contribution in [-0.2, 0) is 6.18 Å². The van der Waals surface area contributed by atoms with Gasteiger partial charge in [-0.25, -0.2) is 14.8 Å². The number of carbonyl (C=O) groups is 1. The van der Waals surface area contributed by atoms with E-state index in [0.29, 0.717) is 43.5 Å². The number of hydrogen-bond donors (Lipinski definition) is 1. The van der Waals surface area contributed by atoms with Crippen LogP contribution in [0.3, 0.4) is 0 Å². The van der Waals surface area contributed by atoms with Crippen molar-refractivity contribution in [3.05, 3.63) is 71.7 Å². The fourth-order valence-corrected chi connectivity index (χ4v) is 3.51. The van der Waals surface area contributed by atoms with Crippen LogP contribution in [0.15, 0.2) is 60.6 Å². The van der Waals surface area contributed by atoms with Gasteiger partial charge in [0.2, 0.25) is 0 Å². The molecule has 1 N–H and O–H groups in total. The minimum Gasteiger partial charge on any atom is -0.424 e. The average Bonchev–Trinajstić information content (AvgIpc) is 2.81. The number of urea groups is 1. The zero-order chi connectivity index (χ0) is 24.1. The van der Waals surface area contributed by atoms with E-state index in [0.717, 1.165) is 5.56 Å². The van der Waals surface area contributed by atoms with Crippen LogP contribution >= 0.6 is 0 Å². The number of rotatable bonds is 4. The third-order valence-electron chi connectivity index (χ3n) is 5.27. The number of carbonyl (C=O) groups excluding carboxylic acids is 1. The Balaban J connectivity index is 1.39. The zero-order valence-electron chi connectivity index (χ0n) is 18.2. The Morgan fingerprint density at radius 3 is 2.68 bits per heavy atom. The van der Waals surface area contributed by atoms with Crippen LogP contribution in [0.25, 0.3) is 6.08 Å². The zero-order valence-corrected chi connectivity index (χ0v) is 18.2. The molecule has 1 unspecified atom stereocenters. The normalized spacial score (nSPS) is 17.5. The van der Waals surface area contributed by atoms with E-state index >= 15 is 0 Å². The van der Waals surface area contributed by atoms with E-state index in [1.165, 1.54) is 11.8 Å². The number of benzene rings is 1. The summed E-state index contributed by atoms with van der Waals surface area (Å²) >= 11 is 0. The van der Waals surface area contributed by atoms with Crippen LogP contribution in [-0.4, -0.2) is 44.2 Å². The molecule has 8 nitrogen and oxygen atoms in total. The van der Waals surface area contributed by atoms with Crippen LogP contribution in [0.4, 0.5) is 23.8 Å². The number of amides is 2. The summed E-state index contributed by atoms with van der Waals surface area (Å²) in [6.45, 7) is 3.15. The van der Waals surface area contributed by atoms with Gasteiger partial charge in [0.25, 0.3) is 0 Å². The lowest BCUT2D eigenvalue weighted by Crippen LogP contribution is -2.42. The second-order valence-electron chi connectivity index (χ2n) is 7.78. The summed E-state index contributed by atoms with van der Waals surface area (Å²) in [5, 5.41) is 10.4. The monoisotopic (exact) mass is 470 g/mol. The fraction of sp³-hybridized carbons (Fsp3) is 0.261. The Labute approximate surface area is 193 Å². The molecule has 4 rings (SSSR count). The Bertz CT molecular complexity index is 1170. The lowest BCUT2D eigenvalue weighted by atomic mass is 9.91. The molecule has 1 aliphatic heterocycles. The molecule has 3 aromatic rings. The third kappa shape index (κ3) is 5.85. The maximum Gasteiger partial charge on any atom is 0.419 e. The van der Waals surface area contributed by atoms with E-state index in [1.807, 2.05) is 19.1 Å². The van der Waals surface area contributed by atoms with Gasteiger partial charge in [-0.15, -0.1) is 5.10 Å². The van der Waals surface area contributed by atoms with Crippen molar-refractivity contribution in [3.8, 4) is 11.8 Å². The first-order chi connectivity index (χ1) is 16.3. The van der Waals surface area contributed by atoms with E-state index in [4.69, 9.17) is 4.74 Å². The molecule has 3 heterocycles. The molecule has 2 amide bonds. The smallest absolute Gasteiger partial charge is 0.419 e. The number of halogens is 3. The molecule has 0 saturated carbocycles. The molecule has 0 aliphatic carbocycles. The Morgan fingerprint density at radius 2 is 2.00 bits per heavy atom. The molecule has 0 spiro atoms. The maximum absolute atomic E-state index is 12.7. The van der Waals surface area contributed by atoms with Crippen molar-refractivity contribution in [3.63, 3.8) is 0 Å². The number of aromatic nitrogens is 4. The third-order valence-corrected chi connectivity index (χ3v) is 5.27. The molecule has 1 fully saturated rings. The topological polar surface area (TPSA) is 93.1 Å². The molecule has 0 radical (unpaired) electrons. The van der Waals surface area contributed by atoms with Gasteiger partial charge in [-0.05, 0) is 42.2 Å². The SMILES string of the molecule is CC1CN(C(=O)Nc2cccnn2)CC/C1=C\c1cccc(Oc2ncc(C(F)(F)F)cn2)c1. The van der Waals surface area contributed by atoms with E-state index in [1.54, 1.807) is 35.2 Å². The summed E-state index contributed by atoms with van der Waals surface area (Å²) in [4.78, 5) is 21.5. The Morgan fingerprint density at radius 1 is 1.21 bits per heavy atom. The summed E-state index contributed by atoms with van der Waals surface area (Å²) in [7, 11) is 0. The standard InChI is InChI=1S/C23H21F3N6O2/c1-15-14-32(22(33)30-20-6-3-8-29-31-20)9-7-17(15)10-16-4-2-5-19(11-16)34-21-27-12-18(13-28-21)23(24,25)26/h2-6,8,10-13,15H,7,9,14H2,1H3,(H,30,31,33)/b17-10+. The van der Waals surface area contributed by atoms with E-state index in [2.05, 4.69) is 25.5 Å².